The van der Waals surface area contributed by atoms with E-state index >= 15 is 0 Å². The smallest absolute Gasteiger partial charge is 0.155 e. The zero-order valence-electron chi connectivity index (χ0n) is 8.38. The Balaban J connectivity index is 2.11. The Bertz CT molecular complexity index is 596. The third-order valence-electron chi connectivity index (χ3n) is 1.92. The lowest BCUT2D eigenvalue weighted by molar-refractivity contribution is 1.01. The minimum Gasteiger partial charge on any atom is -0.261 e. The molecule has 0 aliphatic rings. The molecular weight excluding hydrogens is 204 g/mol. The minimum atomic E-state index is 0.394. The number of pyridine rings is 1. The van der Waals surface area contributed by atoms with Crippen LogP contribution in [0.3, 0.4) is 0 Å². The Kier molecular flexibility index (Phi) is 3.02. The number of hydrogen-bond acceptors (Lipinski definition) is 3. The van der Waals surface area contributed by atoms with E-state index < -0.39 is 0 Å². The molecule has 6 nitrogen and oxygen atoms in total. The van der Waals surface area contributed by atoms with Gasteiger partial charge >= 0.3 is 0 Å². The van der Waals surface area contributed by atoms with Crippen LogP contribution in [0.25, 0.3) is 21.5 Å². The third-order valence-corrected chi connectivity index (χ3v) is 1.92. The molecule has 78 valence electrons. The van der Waals surface area contributed by atoms with Crippen molar-refractivity contribution in [1.29, 1.82) is 0 Å². The van der Waals surface area contributed by atoms with Crippen LogP contribution in [0.15, 0.2) is 23.6 Å². The van der Waals surface area contributed by atoms with Gasteiger partial charge in [-0.05, 0) is 11.6 Å². The quantitative estimate of drug-likeness (QED) is 0.271. The molecular formula is C10H8N6. The van der Waals surface area contributed by atoms with Gasteiger partial charge < -0.3 is 0 Å². The normalized spacial score (nSPS) is 9.25. The average molecular weight is 212 g/mol. The second-order valence-corrected chi connectivity index (χ2v) is 3.04. The fourth-order valence-corrected chi connectivity index (χ4v) is 1.22. The molecule has 0 saturated carbocycles. The molecule has 2 rings (SSSR count). The number of rotatable bonds is 2. The first-order valence-electron chi connectivity index (χ1n) is 4.69. The molecule has 0 bridgehead atoms. The van der Waals surface area contributed by atoms with Gasteiger partial charge in [0.2, 0.25) is 0 Å². The highest BCUT2D eigenvalue weighted by molar-refractivity contribution is 5.75. The summed E-state index contributed by atoms with van der Waals surface area (Å²) < 4.78 is 0. The van der Waals surface area contributed by atoms with Crippen molar-refractivity contribution in [2.75, 3.05) is 6.54 Å². The number of nitrogens with one attached hydrogen (secondary N) is 1. The minimum absolute atomic E-state index is 0.394. The van der Waals surface area contributed by atoms with E-state index in [0.29, 0.717) is 13.0 Å². The first-order valence-corrected chi connectivity index (χ1v) is 4.69. The number of H-pyrrole nitrogens is 1. The van der Waals surface area contributed by atoms with E-state index in [1.807, 2.05) is 6.07 Å². The molecule has 0 unspecified atom stereocenters. The Hall–Kier alpha value is -2.51. The SMILES string of the molecule is [N-]=[N+]=NCCC#Cc1cnc2[nH]ncc2c1. The van der Waals surface area contributed by atoms with E-state index in [9.17, 15) is 0 Å². The maximum absolute atomic E-state index is 8.07. The molecule has 0 aliphatic heterocycles. The van der Waals surface area contributed by atoms with Crippen LogP contribution < -0.4 is 0 Å². The van der Waals surface area contributed by atoms with Gasteiger partial charge in [-0.2, -0.15) is 5.10 Å². The number of fused-ring (bicyclic) bond motifs is 1. The predicted octanol–water partition coefficient (Wildman–Crippen LogP) is 2.01. The van der Waals surface area contributed by atoms with Crippen molar-refractivity contribution in [1.82, 2.24) is 15.2 Å². The monoisotopic (exact) mass is 212 g/mol. The zero-order valence-corrected chi connectivity index (χ0v) is 8.38. The van der Waals surface area contributed by atoms with Crippen LogP contribution >= 0.6 is 0 Å². The van der Waals surface area contributed by atoms with Crippen LogP contribution in [-0.4, -0.2) is 21.7 Å². The molecule has 0 atom stereocenters. The lowest BCUT2D eigenvalue weighted by atomic mass is 10.2. The van der Waals surface area contributed by atoms with Crippen LogP contribution in [0.2, 0.25) is 0 Å². The molecule has 16 heavy (non-hydrogen) atoms. The van der Waals surface area contributed by atoms with Gasteiger partial charge in [-0.15, -0.1) is 0 Å². The summed E-state index contributed by atoms with van der Waals surface area (Å²) in [6.45, 7) is 0.394. The Morgan fingerprint density at radius 3 is 3.31 bits per heavy atom. The van der Waals surface area contributed by atoms with Crippen molar-refractivity contribution in [3.63, 3.8) is 0 Å². The lowest BCUT2D eigenvalue weighted by Gasteiger charge is -1.89. The van der Waals surface area contributed by atoms with Gasteiger partial charge in [-0.25, -0.2) is 4.98 Å². The topological polar surface area (TPSA) is 90.3 Å². The van der Waals surface area contributed by atoms with Crippen LogP contribution in [0.1, 0.15) is 12.0 Å². The molecule has 0 amide bonds. The largest absolute Gasteiger partial charge is 0.261 e. The van der Waals surface area contributed by atoms with Crippen LogP contribution in [-0.2, 0) is 0 Å². The lowest BCUT2D eigenvalue weighted by Crippen LogP contribution is -1.80. The fraction of sp³-hybridized carbons (Fsp3) is 0.200. The molecule has 0 saturated heterocycles. The van der Waals surface area contributed by atoms with Gasteiger partial charge in [0, 0.05) is 35.0 Å². The standard InChI is InChI=1S/C10H8N6/c11-16-13-4-2-1-3-8-5-9-7-14-15-10(9)12-6-8/h5-7H,2,4H2,(H,12,14,15). The van der Waals surface area contributed by atoms with Crippen molar-refractivity contribution in [2.45, 2.75) is 6.42 Å². The highest BCUT2D eigenvalue weighted by Gasteiger charge is 1.96. The number of aromatic nitrogens is 3. The van der Waals surface area contributed by atoms with Gasteiger partial charge in [0.05, 0.1) is 6.20 Å². The van der Waals surface area contributed by atoms with Crippen molar-refractivity contribution >= 4 is 11.0 Å². The number of azide groups is 1. The summed E-state index contributed by atoms with van der Waals surface area (Å²) >= 11 is 0. The highest BCUT2D eigenvalue weighted by atomic mass is 15.1. The molecule has 0 spiro atoms. The van der Waals surface area contributed by atoms with Crippen LogP contribution in [0.4, 0.5) is 0 Å². The van der Waals surface area contributed by atoms with E-state index in [1.165, 1.54) is 0 Å². The first-order chi connectivity index (χ1) is 7.90. The van der Waals surface area contributed by atoms with Gasteiger partial charge in [-0.1, -0.05) is 17.0 Å². The van der Waals surface area contributed by atoms with Crippen molar-refractivity contribution < 1.29 is 0 Å². The molecule has 0 radical (unpaired) electrons. The summed E-state index contributed by atoms with van der Waals surface area (Å²) in [5.74, 6) is 5.86. The molecule has 0 aliphatic carbocycles. The van der Waals surface area contributed by atoms with E-state index in [0.717, 1.165) is 16.6 Å². The maximum atomic E-state index is 8.07. The Morgan fingerprint density at radius 2 is 2.44 bits per heavy atom. The number of nitrogens with zero attached hydrogens (tertiary/aromatic N) is 5. The first kappa shape index (κ1) is 10.0. The molecule has 2 aromatic heterocycles. The fourth-order valence-electron chi connectivity index (χ4n) is 1.22. The summed E-state index contributed by atoms with van der Waals surface area (Å²) in [5, 5.41) is 11.0. The van der Waals surface area contributed by atoms with Gasteiger partial charge in [0.1, 0.15) is 0 Å². The Morgan fingerprint density at radius 1 is 1.50 bits per heavy atom. The van der Waals surface area contributed by atoms with E-state index in [2.05, 4.69) is 37.0 Å². The Labute approximate surface area is 91.3 Å². The van der Waals surface area contributed by atoms with E-state index in [1.54, 1.807) is 12.4 Å². The highest BCUT2D eigenvalue weighted by Crippen LogP contribution is 2.08. The summed E-state index contributed by atoms with van der Waals surface area (Å²) in [4.78, 5) is 6.80. The summed E-state index contributed by atoms with van der Waals surface area (Å²) in [5.41, 5.74) is 9.65. The second-order valence-electron chi connectivity index (χ2n) is 3.04. The summed E-state index contributed by atoms with van der Waals surface area (Å²) in [6, 6.07) is 1.91. The zero-order chi connectivity index (χ0) is 11.2. The molecule has 2 heterocycles. The van der Waals surface area contributed by atoms with Crippen molar-refractivity contribution in [2.24, 2.45) is 5.11 Å². The maximum Gasteiger partial charge on any atom is 0.155 e. The average Bonchev–Trinajstić information content (AvgIpc) is 2.76. The number of aromatic amines is 1. The van der Waals surface area contributed by atoms with Gasteiger partial charge in [-0.3, -0.25) is 5.10 Å². The van der Waals surface area contributed by atoms with Crippen molar-refractivity contribution in [3.8, 4) is 11.8 Å². The molecule has 1 N–H and O–H groups in total. The molecule has 0 aromatic carbocycles. The molecule has 6 heteroatoms. The van der Waals surface area contributed by atoms with E-state index in [4.69, 9.17) is 5.53 Å². The van der Waals surface area contributed by atoms with Crippen LogP contribution in [0, 0.1) is 11.8 Å². The molecule has 2 aromatic rings. The summed E-state index contributed by atoms with van der Waals surface area (Å²) in [6.07, 6.45) is 3.93. The van der Waals surface area contributed by atoms with Crippen molar-refractivity contribution in [3.05, 3.63) is 34.5 Å². The third kappa shape index (κ3) is 2.29. The predicted molar refractivity (Wildman–Crippen MR) is 59.4 cm³/mol. The van der Waals surface area contributed by atoms with E-state index in [-0.39, 0.29) is 0 Å². The van der Waals surface area contributed by atoms with Crippen LogP contribution in [0.5, 0.6) is 0 Å². The number of hydrogen-bond donors (Lipinski definition) is 1. The van der Waals surface area contributed by atoms with Gasteiger partial charge in [0.15, 0.2) is 5.65 Å². The molecule has 0 fully saturated rings. The summed E-state index contributed by atoms with van der Waals surface area (Å²) in [7, 11) is 0. The second kappa shape index (κ2) is 4.82. The van der Waals surface area contributed by atoms with Gasteiger partial charge in [0.25, 0.3) is 0 Å².